The number of unbranched alkanes of at least 4 members (excludes halogenated alkanes) is 2. The second-order valence-corrected chi connectivity index (χ2v) is 4.64. The van der Waals surface area contributed by atoms with Crippen molar-refractivity contribution in [3.8, 4) is 0 Å². The van der Waals surface area contributed by atoms with E-state index in [9.17, 15) is 0 Å². The van der Waals surface area contributed by atoms with Crippen molar-refractivity contribution in [3.05, 3.63) is 16.4 Å². The summed E-state index contributed by atoms with van der Waals surface area (Å²) in [6.45, 7) is 3.78. The van der Waals surface area contributed by atoms with Crippen LogP contribution >= 0.6 is 23.2 Å². The Bertz CT molecular complexity index is 323. The highest BCUT2D eigenvalue weighted by Gasteiger charge is 2.09. The van der Waals surface area contributed by atoms with Gasteiger partial charge in [0, 0.05) is 25.0 Å². The van der Waals surface area contributed by atoms with Gasteiger partial charge in [0.25, 0.3) is 0 Å². The summed E-state index contributed by atoms with van der Waals surface area (Å²) < 4.78 is 1.71. The Balaban J connectivity index is 2.26. The monoisotopic (exact) mass is 263 g/mol. The minimum Gasteiger partial charge on any atom is -0.312 e. The molecule has 16 heavy (non-hydrogen) atoms. The lowest BCUT2D eigenvalue weighted by atomic mass is 10.2. The molecule has 0 radical (unpaired) electrons. The first-order valence-corrected chi connectivity index (χ1v) is 6.52. The summed E-state index contributed by atoms with van der Waals surface area (Å²) in [5, 5.41) is 8.37. The van der Waals surface area contributed by atoms with E-state index in [1.807, 2.05) is 14.0 Å². The number of rotatable bonds is 7. The summed E-state index contributed by atoms with van der Waals surface area (Å²) in [7, 11) is 1.86. The number of hydrogen-bond donors (Lipinski definition) is 1. The maximum absolute atomic E-state index is 6.12. The molecule has 1 rings (SSSR count). The molecule has 0 amide bonds. The summed E-state index contributed by atoms with van der Waals surface area (Å²) in [5.74, 6) is 0.757. The van der Waals surface area contributed by atoms with Crippen molar-refractivity contribution in [1.82, 2.24) is 15.1 Å². The third kappa shape index (κ3) is 3.96. The van der Waals surface area contributed by atoms with E-state index >= 15 is 0 Å². The molecule has 1 aromatic rings. The van der Waals surface area contributed by atoms with Crippen LogP contribution < -0.4 is 5.32 Å². The Kier molecular flexibility index (Phi) is 6.17. The van der Waals surface area contributed by atoms with Gasteiger partial charge in [-0.15, -0.1) is 11.6 Å². The van der Waals surface area contributed by atoms with Crippen LogP contribution in [-0.2, 0) is 13.6 Å². The molecule has 0 saturated carbocycles. The smallest absolute Gasteiger partial charge is 0.131 e. The maximum atomic E-state index is 6.12. The van der Waals surface area contributed by atoms with Crippen LogP contribution in [0.15, 0.2) is 0 Å². The molecule has 0 saturated heterocycles. The second kappa shape index (κ2) is 7.15. The molecule has 0 fully saturated rings. The molecule has 0 aromatic carbocycles. The first-order valence-electron chi connectivity index (χ1n) is 5.61. The van der Waals surface area contributed by atoms with Crippen molar-refractivity contribution in [2.24, 2.45) is 7.05 Å². The van der Waals surface area contributed by atoms with Gasteiger partial charge < -0.3 is 5.32 Å². The summed E-state index contributed by atoms with van der Waals surface area (Å²) in [6, 6.07) is 0. The summed E-state index contributed by atoms with van der Waals surface area (Å²) in [4.78, 5) is 0. The predicted octanol–water partition coefficient (Wildman–Crippen LogP) is 2.88. The van der Waals surface area contributed by atoms with Crippen LogP contribution in [0.4, 0.5) is 0 Å². The number of halogens is 2. The Morgan fingerprint density at radius 2 is 2.06 bits per heavy atom. The molecule has 0 spiro atoms. The minimum atomic E-state index is 0.728. The molecule has 0 unspecified atom stereocenters. The Labute approximate surface area is 107 Å². The number of alkyl halides is 1. The van der Waals surface area contributed by atoms with Gasteiger partial charge in [-0.3, -0.25) is 4.68 Å². The predicted molar refractivity (Wildman–Crippen MR) is 69.2 cm³/mol. The summed E-state index contributed by atoms with van der Waals surface area (Å²) in [6.07, 6.45) is 3.43. The van der Waals surface area contributed by atoms with Crippen molar-refractivity contribution < 1.29 is 0 Å². The van der Waals surface area contributed by atoms with Crippen molar-refractivity contribution in [2.45, 2.75) is 32.7 Å². The highest BCUT2D eigenvalue weighted by Crippen LogP contribution is 2.17. The molecule has 0 aliphatic heterocycles. The Morgan fingerprint density at radius 3 is 2.62 bits per heavy atom. The van der Waals surface area contributed by atoms with E-state index in [4.69, 9.17) is 23.2 Å². The van der Waals surface area contributed by atoms with E-state index in [2.05, 4.69) is 10.4 Å². The number of nitrogens with zero attached hydrogens (tertiary/aromatic N) is 2. The van der Waals surface area contributed by atoms with Gasteiger partial charge in [0.2, 0.25) is 0 Å². The van der Waals surface area contributed by atoms with Gasteiger partial charge in [-0.2, -0.15) is 5.10 Å². The largest absolute Gasteiger partial charge is 0.312 e. The molecule has 1 N–H and O–H groups in total. The van der Waals surface area contributed by atoms with E-state index in [0.717, 1.165) is 48.2 Å². The number of aromatic nitrogens is 2. The van der Waals surface area contributed by atoms with Gasteiger partial charge >= 0.3 is 0 Å². The fourth-order valence-electron chi connectivity index (χ4n) is 1.61. The lowest BCUT2D eigenvalue weighted by Gasteiger charge is -2.04. The zero-order valence-corrected chi connectivity index (χ0v) is 11.4. The summed E-state index contributed by atoms with van der Waals surface area (Å²) >= 11 is 11.7. The zero-order chi connectivity index (χ0) is 12.0. The average Bonchev–Trinajstić information content (AvgIpc) is 2.49. The third-order valence-corrected chi connectivity index (χ3v) is 3.30. The lowest BCUT2D eigenvalue weighted by molar-refractivity contribution is 0.617. The van der Waals surface area contributed by atoms with Crippen molar-refractivity contribution >= 4 is 23.2 Å². The van der Waals surface area contributed by atoms with Crippen LogP contribution in [0, 0.1) is 6.92 Å². The van der Waals surface area contributed by atoms with Crippen LogP contribution in [0.25, 0.3) is 0 Å². The SMILES string of the molecule is Cc1nn(C)c(Cl)c1CNCCCCCCl. The van der Waals surface area contributed by atoms with Gasteiger partial charge in [0.15, 0.2) is 0 Å². The Morgan fingerprint density at radius 1 is 1.31 bits per heavy atom. The van der Waals surface area contributed by atoms with Gasteiger partial charge in [-0.1, -0.05) is 18.0 Å². The summed E-state index contributed by atoms with van der Waals surface area (Å²) in [5.41, 5.74) is 2.10. The molecular weight excluding hydrogens is 245 g/mol. The van der Waals surface area contributed by atoms with Crippen molar-refractivity contribution in [2.75, 3.05) is 12.4 Å². The molecule has 3 nitrogen and oxygen atoms in total. The first-order chi connectivity index (χ1) is 7.66. The molecule has 0 aliphatic rings. The molecule has 92 valence electrons. The van der Waals surface area contributed by atoms with Gasteiger partial charge in [-0.05, 0) is 26.3 Å². The van der Waals surface area contributed by atoms with Gasteiger partial charge in [0.1, 0.15) is 5.15 Å². The van der Waals surface area contributed by atoms with Gasteiger partial charge in [0.05, 0.1) is 5.69 Å². The van der Waals surface area contributed by atoms with E-state index in [-0.39, 0.29) is 0 Å². The first kappa shape index (κ1) is 13.8. The third-order valence-electron chi connectivity index (χ3n) is 2.56. The number of nitrogens with one attached hydrogen (secondary N) is 1. The molecule has 1 aromatic heterocycles. The van der Waals surface area contributed by atoms with Crippen LogP contribution in [0.5, 0.6) is 0 Å². The molecule has 0 bridgehead atoms. The molecular formula is C11H19Cl2N3. The van der Waals surface area contributed by atoms with E-state index in [1.165, 1.54) is 6.42 Å². The van der Waals surface area contributed by atoms with Gasteiger partial charge in [-0.25, -0.2) is 0 Å². The molecule has 0 aliphatic carbocycles. The topological polar surface area (TPSA) is 29.9 Å². The maximum Gasteiger partial charge on any atom is 0.131 e. The highest BCUT2D eigenvalue weighted by atomic mass is 35.5. The minimum absolute atomic E-state index is 0.728. The molecule has 1 heterocycles. The fraction of sp³-hybridized carbons (Fsp3) is 0.727. The molecule has 0 atom stereocenters. The average molecular weight is 264 g/mol. The van der Waals surface area contributed by atoms with Crippen LogP contribution in [0.3, 0.4) is 0 Å². The zero-order valence-electron chi connectivity index (χ0n) is 9.89. The fourth-order valence-corrected chi connectivity index (χ4v) is 2.04. The Hall–Kier alpha value is -0.250. The lowest BCUT2D eigenvalue weighted by Crippen LogP contribution is -2.15. The second-order valence-electron chi connectivity index (χ2n) is 3.90. The quantitative estimate of drug-likeness (QED) is 0.606. The van der Waals surface area contributed by atoms with E-state index in [0.29, 0.717) is 0 Å². The number of aryl methyl sites for hydroxylation is 2. The van der Waals surface area contributed by atoms with E-state index < -0.39 is 0 Å². The normalized spacial score (nSPS) is 11.0. The molecule has 5 heteroatoms. The number of hydrogen-bond acceptors (Lipinski definition) is 2. The highest BCUT2D eigenvalue weighted by molar-refractivity contribution is 6.30. The van der Waals surface area contributed by atoms with Crippen LogP contribution in [0.2, 0.25) is 5.15 Å². The van der Waals surface area contributed by atoms with Crippen LogP contribution in [0.1, 0.15) is 30.5 Å². The van der Waals surface area contributed by atoms with Crippen LogP contribution in [-0.4, -0.2) is 22.2 Å². The standard InChI is InChI=1S/C11H19Cl2N3/c1-9-10(11(13)16(2)15-9)8-14-7-5-3-4-6-12/h14H,3-8H2,1-2H3. The van der Waals surface area contributed by atoms with Crippen molar-refractivity contribution in [3.63, 3.8) is 0 Å². The van der Waals surface area contributed by atoms with Crippen molar-refractivity contribution in [1.29, 1.82) is 0 Å². The van der Waals surface area contributed by atoms with E-state index in [1.54, 1.807) is 4.68 Å².